The molecule has 2 aromatic rings. The van der Waals surface area contributed by atoms with Crippen molar-refractivity contribution >= 4 is 19.5 Å². The number of rotatable bonds is 15. The lowest BCUT2D eigenvalue weighted by Crippen LogP contribution is -2.42. The van der Waals surface area contributed by atoms with Crippen molar-refractivity contribution in [1.82, 2.24) is 0 Å². The minimum atomic E-state index is -3.79. The van der Waals surface area contributed by atoms with E-state index < -0.39 is 18.7 Å². The molecule has 0 fully saturated rings. The molecule has 0 spiro atoms. The number of allylic oxidation sites excluding steroid dienone is 2. The van der Waals surface area contributed by atoms with E-state index in [1.807, 2.05) is 79.7 Å². The highest BCUT2D eigenvalue weighted by atomic mass is 31.2. The van der Waals surface area contributed by atoms with Crippen LogP contribution in [-0.2, 0) is 18.4 Å². The molecule has 0 amide bonds. The Kier molecular flexibility index (Phi) is 11.0. The minimum Gasteiger partial charge on any atom is -0.308 e. The monoisotopic (exact) mass is 468 g/mol. The van der Waals surface area contributed by atoms with Crippen LogP contribution in [0.4, 0.5) is 0 Å². The third-order valence-corrected chi connectivity index (χ3v) is 8.60. The van der Waals surface area contributed by atoms with Crippen LogP contribution in [-0.4, -0.2) is 24.2 Å². The van der Waals surface area contributed by atoms with E-state index in [1.165, 1.54) is 0 Å². The van der Waals surface area contributed by atoms with E-state index in [1.54, 1.807) is 19.9 Å². The average Bonchev–Trinajstić information content (AvgIpc) is 2.83. The Morgan fingerprint density at radius 2 is 1.58 bits per heavy atom. The smallest absolute Gasteiger partial charge is 0.308 e. The molecule has 2 aromatic carbocycles. The average molecular weight is 469 g/mol. The molecule has 0 radical (unpaired) electrons. The molecule has 33 heavy (non-hydrogen) atoms. The highest BCUT2D eigenvalue weighted by molar-refractivity contribution is 7.56. The first kappa shape index (κ1) is 27.0. The number of hydrogen-bond donors (Lipinski definition) is 0. The summed E-state index contributed by atoms with van der Waals surface area (Å²) >= 11 is 0. The maximum absolute atomic E-state index is 14.4. The topological polar surface area (TPSA) is 52.6 Å². The molecule has 0 heterocycles. The van der Waals surface area contributed by atoms with Crippen molar-refractivity contribution in [3.8, 4) is 0 Å². The summed E-state index contributed by atoms with van der Waals surface area (Å²) in [7, 11) is -3.79. The zero-order valence-corrected chi connectivity index (χ0v) is 21.0. The number of benzene rings is 2. The number of Topliss-reactive ketones (excluding diaryl/α,β-unsaturated/α-hetero) is 1. The van der Waals surface area contributed by atoms with Gasteiger partial charge in [-0.1, -0.05) is 92.2 Å². The number of carbonyl (C=O) groups excluding carboxylic acids is 1. The summed E-state index contributed by atoms with van der Waals surface area (Å²) in [6.45, 7) is 9.85. The molecular formula is C28H37O4P. The van der Waals surface area contributed by atoms with Crippen molar-refractivity contribution in [2.24, 2.45) is 0 Å². The molecule has 0 N–H and O–H groups in total. The molecule has 2 atom stereocenters. The number of hydrogen-bond acceptors (Lipinski definition) is 4. The van der Waals surface area contributed by atoms with Gasteiger partial charge in [-0.05, 0) is 44.2 Å². The summed E-state index contributed by atoms with van der Waals surface area (Å²) in [6, 6.07) is 19.5. The zero-order valence-electron chi connectivity index (χ0n) is 20.1. The summed E-state index contributed by atoms with van der Waals surface area (Å²) in [5.41, 5.74) is 1.90. The summed E-state index contributed by atoms with van der Waals surface area (Å²) < 4.78 is 26.0. The first-order valence-electron chi connectivity index (χ1n) is 11.8. The second kappa shape index (κ2) is 13.4. The molecule has 0 aliphatic heterocycles. The molecule has 4 nitrogen and oxygen atoms in total. The van der Waals surface area contributed by atoms with Gasteiger partial charge in [-0.15, -0.1) is 6.58 Å². The third-order valence-electron chi connectivity index (χ3n) is 5.73. The standard InChI is InChI=1S/C28H37O4P/c1-5-16-26(25-20-13-10-14-21-25)27(29)28(22-6-2,33(30,31-7-3)32-8-4)23-15-19-24-17-11-9-12-18-24/h5,9-15,17-21,26H,1,6-8,16,22-23H2,2-4H3/b19-15+. The minimum absolute atomic E-state index is 0.113. The van der Waals surface area contributed by atoms with Gasteiger partial charge in [-0.25, -0.2) is 0 Å². The highest BCUT2D eigenvalue weighted by Crippen LogP contribution is 2.65. The lowest BCUT2D eigenvalue weighted by molar-refractivity contribution is -0.123. The van der Waals surface area contributed by atoms with E-state index in [0.717, 1.165) is 11.1 Å². The van der Waals surface area contributed by atoms with E-state index >= 15 is 0 Å². The predicted molar refractivity (Wildman–Crippen MR) is 138 cm³/mol. The normalized spacial score (nSPS) is 14.6. The lowest BCUT2D eigenvalue weighted by Gasteiger charge is -2.39. The fraction of sp³-hybridized carbons (Fsp3) is 0.393. The van der Waals surface area contributed by atoms with E-state index in [0.29, 0.717) is 19.3 Å². The van der Waals surface area contributed by atoms with Crippen LogP contribution in [0, 0.1) is 0 Å². The molecule has 2 unspecified atom stereocenters. The van der Waals surface area contributed by atoms with Crippen molar-refractivity contribution in [3.05, 3.63) is 90.5 Å². The lowest BCUT2D eigenvalue weighted by atomic mass is 9.81. The van der Waals surface area contributed by atoms with Crippen LogP contribution >= 0.6 is 7.60 Å². The Balaban J connectivity index is 2.63. The summed E-state index contributed by atoms with van der Waals surface area (Å²) in [6.07, 6.45) is 7.45. The van der Waals surface area contributed by atoms with Crippen LogP contribution in [0.15, 0.2) is 79.4 Å². The molecule has 0 saturated carbocycles. The largest absolute Gasteiger partial charge is 0.344 e. The van der Waals surface area contributed by atoms with Gasteiger partial charge in [0.2, 0.25) is 0 Å². The van der Waals surface area contributed by atoms with Gasteiger partial charge in [-0.3, -0.25) is 9.36 Å². The van der Waals surface area contributed by atoms with Crippen LogP contribution in [0.3, 0.4) is 0 Å². The highest BCUT2D eigenvalue weighted by Gasteiger charge is 2.56. The maximum Gasteiger partial charge on any atom is 0.344 e. The van der Waals surface area contributed by atoms with Crippen LogP contribution in [0.1, 0.15) is 63.5 Å². The van der Waals surface area contributed by atoms with Gasteiger partial charge in [0.25, 0.3) is 0 Å². The van der Waals surface area contributed by atoms with Crippen LogP contribution in [0.2, 0.25) is 0 Å². The van der Waals surface area contributed by atoms with Gasteiger partial charge in [0, 0.05) is 5.92 Å². The molecule has 0 aromatic heterocycles. The van der Waals surface area contributed by atoms with Crippen molar-refractivity contribution < 1.29 is 18.4 Å². The van der Waals surface area contributed by atoms with Gasteiger partial charge < -0.3 is 9.05 Å². The Labute approximate surface area is 199 Å². The maximum atomic E-state index is 14.4. The molecule has 0 aliphatic carbocycles. The Hall–Kier alpha value is -2.26. The molecule has 5 heteroatoms. The first-order chi connectivity index (χ1) is 16.0. The van der Waals surface area contributed by atoms with Crippen LogP contribution < -0.4 is 0 Å². The van der Waals surface area contributed by atoms with Crippen molar-refractivity contribution in [1.29, 1.82) is 0 Å². The molecular weight excluding hydrogens is 431 g/mol. The van der Waals surface area contributed by atoms with Crippen molar-refractivity contribution in [2.45, 2.75) is 57.5 Å². The second-order valence-electron chi connectivity index (χ2n) is 7.98. The molecule has 178 valence electrons. The van der Waals surface area contributed by atoms with E-state index in [4.69, 9.17) is 9.05 Å². The van der Waals surface area contributed by atoms with Gasteiger partial charge in [0.15, 0.2) is 5.78 Å². The van der Waals surface area contributed by atoms with Gasteiger partial charge in [0.05, 0.1) is 13.2 Å². The number of carbonyl (C=O) groups is 1. The van der Waals surface area contributed by atoms with Crippen LogP contribution in [0.5, 0.6) is 0 Å². The van der Waals surface area contributed by atoms with E-state index in [2.05, 4.69) is 6.58 Å². The Morgan fingerprint density at radius 1 is 1.00 bits per heavy atom. The van der Waals surface area contributed by atoms with Gasteiger partial charge in [-0.2, -0.15) is 0 Å². The summed E-state index contributed by atoms with van der Waals surface area (Å²) in [4.78, 5) is 14.4. The van der Waals surface area contributed by atoms with Gasteiger partial charge in [0.1, 0.15) is 5.16 Å². The van der Waals surface area contributed by atoms with E-state index in [-0.39, 0.29) is 25.4 Å². The zero-order chi connectivity index (χ0) is 24.2. The van der Waals surface area contributed by atoms with E-state index in [9.17, 15) is 9.36 Å². The number of ketones is 1. The Morgan fingerprint density at radius 3 is 2.09 bits per heavy atom. The van der Waals surface area contributed by atoms with Crippen molar-refractivity contribution in [2.75, 3.05) is 13.2 Å². The SMILES string of the molecule is C=CCC(C(=O)C(C/C=C/c1ccccc1)(CCC)P(=O)(OCC)OCC)c1ccccc1. The molecule has 0 saturated heterocycles. The van der Waals surface area contributed by atoms with Crippen molar-refractivity contribution in [3.63, 3.8) is 0 Å². The van der Waals surface area contributed by atoms with Gasteiger partial charge >= 0.3 is 7.60 Å². The fourth-order valence-electron chi connectivity index (χ4n) is 4.27. The summed E-state index contributed by atoms with van der Waals surface area (Å²) in [5.74, 6) is -0.590. The van der Waals surface area contributed by atoms with Crippen LogP contribution in [0.25, 0.3) is 6.08 Å². The second-order valence-corrected chi connectivity index (χ2v) is 10.4. The third kappa shape index (κ3) is 6.63. The first-order valence-corrected chi connectivity index (χ1v) is 13.3. The fourth-order valence-corrected chi connectivity index (χ4v) is 6.77. The molecule has 0 bridgehead atoms. The molecule has 2 rings (SSSR count). The quantitative estimate of drug-likeness (QED) is 0.197. The Bertz CT molecular complexity index is 929. The predicted octanol–water partition coefficient (Wildman–Crippen LogP) is 7.82. The molecule has 0 aliphatic rings. The summed E-state index contributed by atoms with van der Waals surface area (Å²) in [5, 5.41) is -1.29.